The molecule has 1 N–H and O–H groups in total. The Morgan fingerprint density at radius 3 is 2.20 bits per heavy atom. The zero-order valence-electron chi connectivity index (χ0n) is 9.15. The van der Waals surface area contributed by atoms with E-state index in [2.05, 4.69) is 6.58 Å². The van der Waals surface area contributed by atoms with Gasteiger partial charge < -0.3 is 4.74 Å². The van der Waals surface area contributed by atoms with E-state index >= 15 is 0 Å². The van der Waals surface area contributed by atoms with Crippen LogP contribution in [0.15, 0.2) is 12.2 Å². The number of carbonyl (C=O) groups is 1. The predicted octanol–water partition coefficient (Wildman–Crippen LogP) is 2.29. The molecule has 0 amide bonds. The van der Waals surface area contributed by atoms with Gasteiger partial charge in [-0.3, -0.25) is 0 Å². The van der Waals surface area contributed by atoms with E-state index in [9.17, 15) is 9.36 Å². The number of esters is 1. The van der Waals surface area contributed by atoms with Gasteiger partial charge in [0.05, 0.1) is 0 Å². The van der Waals surface area contributed by atoms with Crippen LogP contribution in [0.3, 0.4) is 0 Å². The van der Waals surface area contributed by atoms with Crippen LogP contribution in [0.5, 0.6) is 0 Å². The van der Waals surface area contributed by atoms with Crippen molar-refractivity contribution in [1.82, 2.24) is 0 Å². The van der Waals surface area contributed by atoms with Gasteiger partial charge in [-0.15, -0.1) is 4.89 Å². The topological polar surface area (TPSA) is 72.8 Å². The molecule has 0 bridgehead atoms. The number of hydrogen-bond donors (Lipinski definition) is 1. The van der Waals surface area contributed by atoms with E-state index in [1.165, 1.54) is 6.92 Å². The summed E-state index contributed by atoms with van der Waals surface area (Å²) in [4.78, 5) is 20.0. The molecule has 0 fully saturated rings. The molecule has 0 saturated carbocycles. The van der Waals surface area contributed by atoms with Crippen LogP contribution in [0.25, 0.3) is 0 Å². The van der Waals surface area contributed by atoms with Crippen molar-refractivity contribution in [2.45, 2.75) is 39.4 Å². The van der Waals surface area contributed by atoms with Gasteiger partial charge in [-0.1, -0.05) is 25.0 Å². The molecule has 1 atom stereocenters. The van der Waals surface area contributed by atoms with E-state index in [0.29, 0.717) is 12.8 Å². The van der Waals surface area contributed by atoms with Crippen molar-refractivity contribution in [2.75, 3.05) is 0 Å². The minimum Gasteiger partial charge on any atom is -0.425 e. The zero-order valence-corrected chi connectivity index (χ0v) is 10.0. The average Bonchev–Trinajstić information content (AvgIpc) is 2.15. The number of rotatable bonds is 6. The van der Waals surface area contributed by atoms with Crippen LogP contribution in [0, 0.1) is 0 Å². The van der Waals surface area contributed by atoms with Crippen molar-refractivity contribution in [1.29, 1.82) is 0 Å². The van der Waals surface area contributed by atoms with Crippen LogP contribution in [-0.4, -0.2) is 16.6 Å². The lowest BCUT2D eigenvalue weighted by Crippen LogP contribution is -2.35. The second-order valence-electron chi connectivity index (χ2n) is 3.12. The summed E-state index contributed by atoms with van der Waals surface area (Å²) in [5.41, 5.74) is 0.220. The van der Waals surface area contributed by atoms with Gasteiger partial charge in [0.1, 0.15) is 0 Å². The molecule has 5 nitrogen and oxygen atoms in total. The molecule has 0 aliphatic heterocycles. The normalized spacial score (nSPS) is 12.1. The maximum absolute atomic E-state index is 11.3. The maximum atomic E-state index is 11.3. The lowest BCUT2D eigenvalue weighted by molar-refractivity contribution is -0.196. The van der Waals surface area contributed by atoms with E-state index in [4.69, 9.17) is 14.2 Å². The molecule has 0 spiro atoms. The van der Waals surface area contributed by atoms with Crippen molar-refractivity contribution in [3.05, 3.63) is 12.2 Å². The molecular formula is C9H16O5P+. The Balaban J connectivity index is 4.70. The van der Waals surface area contributed by atoms with Gasteiger partial charge in [0.15, 0.2) is 0 Å². The van der Waals surface area contributed by atoms with Gasteiger partial charge in [-0.05, 0) is 6.92 Å². The summed E-state index contributed by atoms with van der Waals surface area (Å²) in [5, 5.41) is 0. The van der Waals surface area contributed by atoms with Gasteiger partial charge in [0.25, 0.3) is 5.79 Å². The molecule has 0 aromatic carbocycles. The van der Waals surface area contributed by atoms with Gasteiger partial charge in [-0.25, -0.2) is 4.79 Å². The quantitative estimate of drug-likeness (QED) is 0.331. The fourth-order valence-corrected chi connectivity index (χ4v) is 1.52. The third-order valence-corrected chi connectivity index (χ3v) is 2.44. The Hall–Kier alpha value is -0.770. The first-order chi connectivity index (χ1) is 6.87. The fraction of sp³-hybridized carbons (Fsp3) is 0.667. The predicted molar refractivity (Wildman–Crippen MR) is 55.1 cm³/mol. The van der Waals surface area contributed by atoms with Gasteiger partial charge >= 0.3 is 14.2 Å². The van der Waals surface area contributed by atoms with Crippen LogP contribution in [0.4, 0.5) is 0 Å². The van der Waals surface area contributed by atoms with Crippen molar-refractivity contribution in [2.24, 2.45) is 0 Å². The largest absolute Gasteiger partial charge is 0.698 e. The third kappa shape index (κ3) is 4.51. The first-order valence-electron chi connectivity index (χ1n) is 4.61. The van der Waals surface area contributed by atoms with E-state index in [1.807, 2.05) is 0 Å². The summed E-state index contributed by atoms with van der Waals surface area (Å²) >= 11 is 0. The molecule has 1 unspecified atom stereocenters. The molecule has 0 aromatic heterocycles. The minimum absolute atomic E-state index is 0.220. The number of ether oxygens (including phenoxy) is 1. The Bertz CT molecular complexity index is 270. The van der Waals surface area contributed by atoms with Crippen LogP contribution < -0.4 is 0 Å². The van der Waals surface area contributed by atoms with E-state index < -0.39 is 20.0 Å². The molecule has 6 heteroatoms. The smallest absolute Gasteiger partial charge is 0.425 e. The summed E-state index contributed by atoms with van der Waals surface area (Å²) in [6.45, 7) is 8.32. The highest BCUT2D eigenvalue weighted by atomic mass is 31.1. The lowest BCUT2D eigenvalue weighted by Gasteiger charge is -2.24. The zero-order chi connectivity index (χ0) is 12.1. The van der Waals surface area contributed by atoms with Crippen LogP contribution in [0.2, 0.25) is 0 Å². The highest BCUT2D eigenvalue weighted by Crippen LogP contribution is 2.33. The van der Waals surface area contributed by atoms with Crippen LogP contribution in [0.1, 0.15) is 33.6 Å². The van der Waals surface area contributed by atoms with Crippen molar-refractivity contribution in [3.63, 3.8) is 0 Å². The molecule has 0 saturated heterocycles. The minimum atomic E-state index is -2.81. The van der Waals surface area contributed by atoms with Gasteiger partial charge in [0.2, 0.25) is 0 Å². The monoisotopic (exact) mass is 235 g/mol. The van der Waals surface area contributed by atoms with Crippen molar-refractivity contribution >= 4 is 14.2 Å². The highest BCUT2D eigenvalue weighted by molar-refractivity contribution is 7.32. The Labute approximate surface area is 90.0 Å². The van der Waals surface area contributed by atoms with E-state index in [-0.39, 0.29) is 5.57 Å². The Morgan fingerprint density at radius 2 is 1.93 bits per heavy atom. The maximum Gasteiger partial charge on any atom is 0.698 e. The SMILES string of the molecule is C=C(C)C(=O)OC(CC)(CC)O[P+](=O)O. The summed E-state index contributed by atoms with van der Waals surface area (Å²) < 4.78 is 20.3. The molecule has 86 valence electrons. The molecule has 0 heterocycles. The molecule has 0 aliphatic carbocycles. The molecule has 0 aliphatic rings. The van der Waals surface area contributed by atoms with Crippen molar-refractivity contribution < 1.29 is 23.5 Å². The Kier molecular flexibility index (Phi) is 5.65. The molecule has 0 radical (unpaired) electrons. The second-order valence-corrected chi connectivity index (χ2v) is 3.78. The van der Waals surface area contributed by atoms with Crippen LogP contribution >= 0.6 is 8.25 Å². The highest BCUT2D eigenvalue weighted by Gasteiger charge is 2.41. The first kappa shape index (κ1) is 14.2. The number of carbonyl (C=O) groups excluding carboxylic acids is 1. The van der Waals surface area contributed by atoms with Gasteiger partial charge in [0, 0.05) is 23.0 Å². The fourth-order valence-electron chi connectivity index (χ4n) is 0.940. The summed E-state index contributed by atoms with van der Waals surface area (Å²) in [6, 6.07) is 0. The average molecular weight is 235 g/mol. The standard InChI is InChI=1S/C9H15O5P/c1-5-9(6-2,14-15(11)12)13-8(10)7(3)4/h3,5-6H2,1-2,4H3/p+1. The summed E-state index contributed by atoms with van der Waals surface area (Å²) in [5.74, 6) is -1.96. The van der Waals surface area contributed by atoms with Gasteiger partial charge in [-0.2, -0.15) is 0 Å². The lowest BCUT2D eigenvalue weighted by atomic mass is 10.1. The summed E-state index contributed by atoms with van der Waals surface area (Å²) in [6.07, 6.45) is 0.592. The van der Waals surface area contributed by atoms with E-state index in [1.54, 1.807) is 13.8 Å². The third-order valence-electron chi connectivity index (χ3n) is 1.95. The molecule has 0 aromatic rings. The Morgan fingerprint density at radius 1 is 1.47 bits per heavy atom. The van der Waals surface area contributed by atoms with Crippen molar-refractivity contribution in [3.8, 4) is 0 Å². The molecule has 0 rings (SSSR count). The molecule has 15 heavy (non-hydrogen) atoms. The van der Waals surface area contributed by atoms with E-state index in [0.717, 1.165) is 0 Å². The summed E-state index contributed by atoms with van der Waals surface area (Å²) in [7, 11) is -2.81. The molecular weight excluding hydrogens is 219 g/mol. The number of hydrogen-bond acceptors (Lipinski definition) is 4. The van der Waals surface area contributed by atoms with Crippen LogP contribution in [-0.2, 0) is 18.6 Å². The second kappa shape index (κ2) is 5.95. The first-order valence-corrected chi connectivity index (χ1v) is 5.74.